The maximum atomic E-state index is 14.6. The van der Waals surface area contributed by atoms with E-state index < -0.39 is 21.6 Å². The van der Waals surface area contributed by atoms with Gasteiger partial charge in [-0.15, -0.1) is 0 Å². The molecule has 0 N–H and O–H groups in total. The van der Waals surface area contributed by atoms with E-state index in [1.165, 1.54) is 6.07 Å². The molecule has 2 rings (SSSR count). The minimum Gasteiger partial charge on any atom is -0.267 e. The van der Waals surface area contributed by atoms with Crippen molar-refractivity contribution in [1.29, 1.82) is 0 Å². The zero-order chi connectivity index (χ0) is 15.8. The van der Waals surface area contributed by atoms with E-state index in [9.17, 15) is 17.6 Å². The second-order valence-electron chi connectivity index (χ2n) is 5.60. The number of hydrogen-bond acceptors (Lipinski definition) is 3. The maximum Gasteiger partial charge on any atom is 0.279 e. The van der Waals surface area contributed by atoms with Crippen LogP contribution in [0.5, 0.6) is 0 Å². The Labute approximate surface area is 124 Å². The third-order valence-corrected chi connectivity index (χ3v) is 5.29. The summed E-state index contributed by atoms with van der Waals surface area (Å²) in [6, 6.07) is 2.85. The Morgan fingerprint density at radius 3 is 2.52 bits per heavy atom. The van der Waals surface area contributed by atoms with E-state index in [4.69, 9.17) is 0 Å². The topological polar surface area (TPSA) is 63.6 Å². The molecule has 0 aromatic heterocycles. The number of nitrogens with zero attached hydrogens (tertiary/aromatic N) is 1. The Kier molecular flexibility index (Phi) is 4.27. The van der Waals surface area contributed by atoms with Crippen LogP contribution in [0.3, 0.4) is 0 Å². The molecular formula is C15H18FNO3S. The summed E-state index contributed by atoms with van der Waals surface area (Å²) in [5, 5.41) is 0. The third-order valence-electron chi connectivity index (χ3n) is 4.13. The largest absolute Gasteiger partial charge is 0.279 e. The van der Waals surface area contributed by atoms with E-state index in [-0.39, 0.29) is 16.4 Å². The lowest BCUT2D eigenvalue weighted by molar-refractivity contribution is 0.0999. The van der Waals surface area contributed by atoms with Crippen molar-refractivity contribution >= 4 is 22.5 Å². The molecule has 0 bridgehead atoms. The first-order valence-electron chi connectivity index (χ1n) is 6.81. The average molecular weight is 311 g/mol. The van der Waals surface area contributed by atoms with Crippen LogP contribution in [-0.2, 0) is 9.84 Å². The van der Waals surface area contributed by atoms with Gasteiger partial charge in [0.1, 0.15) is 4.90 Å². The molecule has 1 aromatic carbocycles. The Balaban J connectivity index is 2.70. The molecule has 0 aliphatic heterocycles. The van der Waals surface area contributed by atoms with Crippen molar-refractivity contribution in [2.75, 3.05) is 6.26 Å². The van der Waals surface area contributed by atoms with Gasteiger partial charge in [0.2, 0.25) is 0 Å². The zero-order valence-corrected chi connectivity index (χ0v) is 12.9. The fourth-order valence-electron chi connectivity index (χ4n) is 3.10. The monoisotopic (exact) mass is 311 g/mol. The van der Waals surface area contributed by atoms with Crippen molar-refractivity contribution in [3.63, 3.8) is 0 Å². The van der Waals surface area contributed by atoms with Gasteiger partial charge in [0.05, 0.1) is 5.56 Å². The first kappa shape index (κ1) is 15.8. The molecule has 1 aromatic rings. The highest BCUT2D eigenvalue weighted by molar-refractivity contribution is 7.90. The molecule has 0 radical (unpaired) electrons. The molecule has 6 heteroatoms. The molecule has 1 amide bonds. The number of halogens is 1. The van der Waals surface area contributed by atoms with Gasteiger partial charge in [0.15, 0.2) is 15.7 Å². The van der Waals surface area contributed by atoms with Gasteiger partial charge in [-0.3, -0.25) is 4.79 Å². The molecule has 0 saturated heterocycles. The normalized spacial score (nSPS) is 22.2. The molecular weight excluding hydrogens is 293 g/mol. The number of hydrogen-bond donors (Lipinski definition) is 0. The van der Waals surface area contributed by atoms with Gasteiger partial charge in [0.25, 0.3) is 5.91 Å². The summed E-state index contributed by atoms with van der Waals surface area (Å²) in [4.78, 5) is 14.3. The van der Waals surface area contributed by atoms with E-state index in [1.54, 1.807) is 6.07 Å². The number of sulfone groups is 1. The van der Waals surface area contributed by atoms with Crippen molar-refractivity contribution < 1.29 is 17.6 Å². The van der Waals surface area contributed by atoms with Gasteiger partial charge < -0.3 is 0 Å². The molecule has 2 atom stereocenters. The van der Waals surface area contributed by atoms with Gasteiger partial charge in [-0.25, -0.2) is 17.8 Å². The number of amides is 1. The minimum absolute atomic E-state index is 0.00469. The molecule has 0 heterocycles. The van der Waals surface area contributed by atoms with Gasteiger partial charge in [-0.2, -0.15) is 0 Å². The van der Waals surface area contributed by atoms with Crippen LogP contribution in [0.2, 0.25) is 0 Å². The number of carbonyl (C=O) groups is 1. The van der Waals surface area contributed by atoms with Crippen molar-refractivity contribution in [3.05, 3.63) is 29.1 Å². The van der Waals surface area contributed by atoms with Gasteiger partial charge in [-0.1, -0.05) is 25.8 Å². The summed E-state index contributed by atoms with van der Waals surface area (Å²) in [5.41, 5.74) is 0.125. The first-order chi connectivity index (χ1) is 9.77. The van der Waals surface area contributed by atoms with E-state index in [0.717, 1.165) is 25.5 Å². The van der Waals surface area contributed by atoms with Crippen molar-refractivity contribution in [2.24, 2.45) is 10.9 Å². The summed E-state index contributed by atoms with van der Waals surface area (Å²) in [5.74, 6) is -1.57. The SMILES string of the molecule is C=NC(=O)c1ccc(C2CCCC2C)c(S(C)(=O)=O)c1F. The summed E-state index contributed by atoms with van der Waals surface area (Å²) in [6.07, 6.45) is 3.77. The van der Waals surface area contributed by atoms with E-state index in [1.807, 2.05) is 6.92 Å². The predicted molar refractivity (Wildman–Crippen MR) is 79.1 cm³/mol. The Morgan fingerprint density at radius 2 is 2.05 bits per heavy atom. The summed E-state index contributed by atoms with van der Waals surface area (Å²) in [7, 11) is -3.78. The summed E-state index contributed by atoms with van der Waals surface area (Å²) in [6.45, 7) is 5.10. The highest BCUT2D eigenvalue weighted by Gasteiger charge is 2.32. The molecule has 1 aliphatic rings. The molecule has 21 heavy (non-hydrogen) atoms. The smallest absolute Gasteiger partial charge is 0.267 e. The number of rotatable bonds is 3. The summed E-state index contributed by atoms with van der Waals surface area (Å²) < 4.78 is 38.6. The highest BCUT2D eigenvalue weighted by atomic mass is 32.2. The lowest BCUT2D eigenvalue weighted by Crippen LogP contribution is -2.14. The van der Waals surface area contributed by atoms with E-state index in [2.05, 4.69) is 11.7 Å². The third kappa shape index (κ3) is 2.90. The van der Waals surface area contributed by atoms with Gasteiger partial charge >= 0.3 is 0 Å². The molecule has 114 valence electrons. The molecule has 1 aliphatic carbocycles. The van der Waals surface area contributed by atoms with Crippen LogP contribution in [0.1, 0.15) is 48.0 Å². The fraction of sp³-hybridized carbons (Fsp3) is 0.467. The molecule has 4 nitrogen and oxygen atoms in total. The van der Waals surface area contributed by atoms with Crippen LogP contribution < -0.4 is 0 Å². The molecule has 2 unspecified atom stereocenters. The number of benzene rings is 1. The fourth-order valence-corrected chi connectivity index (χ4v) is 4.18. The Bertz CT molecular complexity index is 697. The highest BCUT2D eigenvalue weighted by Crippen LogP contribution is 2.42. The molecule has 0 spiro atoms. The lowest BCUT2D eigenvalue weighted by atomic mass is 9.89. The lowest BCUT2D eigenvalue weighted by Gasteiger charge is -2.20. The van der Waals surface area contributed by atoms with Crippen LogP contribution in [0, 0.1) is 11.7 Å². The zero-order valence-electron chi connectivity index (χ0n) is 12.1. The van der Waals surface area contributed by atoms with E-state index in [0.29, 0.717) is 11.5 Å². The molecule has 1 saturated carbocycles. The predicted octanol–water partition coefficient (Wildman–Crippen LogP) is 2.97. The average Bonchev–Trinajstić information content (AvgIpc) is 2.82. The summed E-state index contributed by atoms with van der Waals surface area (Å²) >= 11 is 0. The van der Waals surface area contributed by atoms with Crippen molar-refractivity contribution in [2.45, 2.75) is 37.0 Å². The van der Waals surface area contributed by atoms with Crippen molar-refractivity contribution in [1.82, 2.24) is 0 Å². The number of aliphatic imine (C=N–C) groups is 1. The molecule has 1 fully saturated rings. The number of carbonyl (C=O) groups excluding carboxylic acids is 1. The van der Waals surface area contributed by atoms with Crippen LogP contribution in [-0.4, -0.2) is 27.3 Å². The van der Waals surface area contributed by atoms with Crippen LogP contribution in [0.4, 0.5) is 4.39 Å². The van der Waals surface area contributed by atoms with Gasteiger partial charge in [0, 0.05) is 6.26 Å². The standard InChI is InChI=1S/C15H18FNO3S/c1-9-5-4-6-10(9)11-7-8-12(15(18)17-2)13(16)14(11)21(3,19)20/h7-10H,2,4-6H2,1,3H3. The maximum absolute atomic E-state index is 14.6. The Morgan fingerprint density at radius 1 is 1.38 bits per heavy atom. The minimum atomic E-state index is -3.78. The van der Waals surface area contributed by atoms with Crippen molar-refractivity contribution in [3.8, 4) is 0 Å². The van der Waals surface area contributed by atoms with Crippen LogP contribution >= 0.6 is 0 Å². The second-order valence-corrected chi connectivity index (χ2v) is 7.55. The van der Waals surface area contributed by atoms with Gasteiger partial charge in [-0.05, 0) is 36.6 Å². The van der Waals surface area contributed by atoms with E-state index >= 15 is 0 Å². The van der Waals surface area contributed by atoms with Crippen LogP contribution in [0.15, 0.2) is 22.0 Å². The Hall–Kier alpha value is -1.56. The second kappa shape index (κ2) is 5.67. The van der Waals surface area contributed by atoms with Crippen LogP contribution in [0.25, 0.3) is 0 Å². The quantitative estimate of drug-likeness (QED) is 0.806. The first-order valence-corrected chi connectivity index (χ1v) is 8.70.